The molecule has 0 aromatic heterocycles. The highest BCUT2D eigenvalue weighted by Crippen LogP contribution is 2.21. The number of rotatable bonds is 11. The molecule has 1 aliphatic rings. The van der Waals surface area contributed by atoms with Gasteiger partial charge in [0.2, 0.25) is 11.8 Å². The number of hydrogen-bond acceptors (Lipinski definition) is 7. The van der Waals surface area contributed by atoms with Gasteiger partial charge in [-0.3, -0.25) is 24.0 Å². The zero-order valence-corrected chi connectivity index (χ0v) is 22.0. The molecule has 37 heavy (non-hydrogen) atoms. The first-order valence-corrected chi connectivity index (χ1v) is 12.5. The molecule has 1 fully saturated rings. The quantitative estimate of drug-likeness (QED) is 0.256. The number of hydrogen-bond donors (Lipinski definition) is 5. The zero-order chi connectivity index (χ0) is 27.9. The fourth-order valence-corrected chi connectivity index (χ4v) is 4.15. The van der Waals surface area contributed by atoms with E-state index in [1.165, 1.54) is 36.1 Å². The van der Waals surface area contributed by atoms with E-state index >= 15 is 0 Å². The number of amides is 4. The van der Waals surface area contributed by atoms with Gasteiger partial charge >= 0.3 is 7.12 Å². The van der Waals surface area contributed by atoms with Crippen LogP contribution in [0, 0.1) is 11.8 Å². The van der Waals surface area contributed by atoms with Crippen LogP contribution in [0.2, 0.25) is 0 Å². The summed E-state index contributed by atoms with van der Waals surface area (Å²) in [7, 11) is -1.73. The Morgan fingerprint density at radius 3 is 2.00 bits per heavy atom. The van der Waals surface area contributed by atoms with Gasteiger partial charge in [0, 0.05) is 17.7 Å². The van der Waals surface area contributed by atoms with Gasteiger partial charge in [0.15, 0.2) is 0 Å². The summed E-state index contributed by atoms with van der Waals surface area (Å²) in [6, 6.07) is 4.15. The molecule has 0 saturated carbocycles. The SMILES string of the molecule is CC(=O)CNC(=O)c1ccc(C(=O)N[C@H](C(=O)N2CCC[C@H]2C(=O)N[C@H](B(O)O)C(C)C)C(C)C)cc1. The lowest BCUT2D eigenvalue weighted by molar-refractivity contribution is -0.140. The molecule has 1 saturated heterocycles. The van der Waals surface area contributed by atoms with Crippen LogP contribution in [-0.2, 0) is 14.4 Å². The molecule has 0 bridgehead atoms. The van der Waals surface area contributed by atoms with Crippen molar-refractivity contribution in [2.45, 2.75) is 65.5 Å². The van der Waals surface area contributed by atoms with Crippen molar-refractivity contribution >= 4 is 36.5 Å². The predicted molar refractivity (Wildman–Crippen MR) is 137 cm³/mol. The van der Waals surface area contributed by atoms with E-state index in [0.29, 0.717) is 19.4 Å². The Kier molecular flexibility index (Phi) is 10.8. The third-order valence-electron chi connectivity index (χ3n) is 6.31. The fourth-order valence-electron chi connectivity index (χ4n) is 4.15. The van der Waals surface area contributed by atoms with E-state index in [1.54, 1.807) is 27.7 Å². The van der Waals surface area contributed by atoms with Gasteiger partial charge in [0.25, 0.3) is 11.8 Å². The van der Waals surface area contributed by atoms with Gasteiger partial charge in [-0.15, -0.1) is 0 Å². The summed E-state index contributed by atoms with van der Waals surface area (Å²) in [5.41, 5.74) is 0.530. The van der Waals surface area contributed by atoms with Gasteiger partial charge in [-0.25, -0.2) is 0 Å². The summed E-state index contributed by atoms with van der Waals surface area (Å²) in [6.07, 6.45) is 1.03. The van der Waals surface area contributed by atoms with Crippen molar-refractivity contribution in [3.05, 3.63) is 35.4 Å². The molecular weight excluding hydrogens is 479 g/mol. The highest BCUT2D eigenvalue weighted by Gasteiger charge is 2.40. The lowest BCUT2D eigenvalue weighted by atomic mass is 9.73. The van der Waals surface area contributed by atoms with Crippen LogP contribution in [0.3, 0.4) is 0 Å². The second-order valence-electron chi connectivity index (χ2n) is 10.0. The van der Waals surface area contributed by atoms with E-state index in [-0.39, 0.29) is 35.3 Å². The minimum absolute atomic E-state index is 0.0898. The Balaban J connectivity index is 2.10. The number of ketones is 1. The normalized spacial score (nSPS) is 16.8. The largest absolute Gasteiger partial charge is 0.475 e. The van der Waals surface area contributed by atoms with Crippen molar-refractivity contribution in [1.29, 1.82) is 0 Å². The summed E-state index contributed by atoms with van der Waals surface area (Å²) < 4.78 is 0. The van der Waals surface area contributed by atoms with Gasteiger partial charge in [0.05, 0.1) is 12.5 Å². The second-order valence-corrected chi connectivity index (χ2v) is 10.0. The Labute approximate surface area is 217 Å². The van der Waals surface area contributed by atoms with E-state index in [1.807, 2.05) is 0 Å². The Morgan fingerprint density at radius 2 is 1.51 bits per heavy atom. The van der Waals surface area contributed by atoms with Crippen molar-refractivity contribution < 1.29 is 34.0 Å². The summed E-state index contributed by atoms with van der Waals surface area (Å²) in [5, 5.41) is 27.0. The lowest BCUT2D eigenvalue weighted by Crippen LogP contribution is -2.58. The third kappa shape index (κ3) is 8.12. The molecule has 3 atom stereocenters. The maximum atomic E-state index is 13.4. The van der Waals surface area contributed by atoms with Crippen LogP contribution in [0.15, 0.2) is 24.3 Å². The van der Waals surface area contributed by atoms with Crippen LogP contribution in [0.25, 0.3) is 0 Å². The number of carbonyl (C=O) groups is 5. The molecule has 0 aliphatic carbocycles. The molecule has 11 nitrogen and oxygen atoms in total. The van der Waals surface area contributed by atoms with E-state index < -0.39 is 48.8 Å². The third-order valence-corrected chi connectivity index (χ3v) is 6.31. The van der Waals surface area contributed by atoms with Gasteiger partial charge < -0.3 is 30.9 Å². The number of benzene rings is 1. The number of nitrogens with one attached hydrogen (secondary N) is 3. The van der Waals surface area contributed by atoms with Crippen LogP contribution in [0.4, 0.5) is 0 Å². The van der Waals surface area contributed by atoms with Gasteiger partial charge in [0.1, 0.15) is 17.9 Å². The Morgan fingerprint density at radius 1 is 0.946 bits per heavy atom. The zero-order valence-electron chi connectivity index (χ0n) is 22.0. The van der Waals surface area contributed by atoms with Crippen molar-refractivity contribution in [3.63, 3.8) is 0 Å². The monoisotopic (exact) mass is 516 g/mol. The molecule has 0 unspecified atom stereocenters. The standard InChI is InChI=1S/C25H37BN4O7/c1-14(2)20(28-23(33)18-10-8-17(9-11-18)22(32)27-13-16(5)31)25(35)30-12-6-7-19(30)24(34)29-21(15(3)4)26(36)37/h8-11,14-15,19-21,36-37H,6-7,12-13H2,1-5H3,(H,27,32)(H,28,33)(H,29,34)/t19-,20-,21-/m0/s1. The molecule has 0 spiro atoms. The van der Waals surface area contributed by atoms with E-state index in [2.05, 4.69) is 16.0 Å². The maximum absolute atomic E-state index is 13.4. The van der Waals surface area contributed by atoms with Gasteiger partial charge in [-0.1, -0.05) is 27.7 Å². The highest BCUT2D eigenvalue weighted by molar-refractivity contribution is 6.43. The van der Waals surface area contributed by atoms with Crippen molar-refractivity contribution in [3.8, 4) is 0 Å². The molecule has 4 amide bonds. The minimum atomic E-state index is -1.73. The molecular formula is C25H37BN4O7. The molecule has 12 heteroatoms. The van der Waals surface area contributed by atoms with Gasteiger partial charge in [-0.2, -0.15) is 0 Å². The lowest BCUT2D eigenvalue weighted by Gasteiger charge is -2.32. The molecule has 2 rings (SSSR count). The molecule has 5 N–H and O–H groups in total. The first kappa shape index (κ1) is 30.0. The first-order valence-electron chi connectivity index (χ1n) is 12.5. The average Bonchev–Trinajstić information content (AvgIpc) is 3.33. The number of likely N-dealkylation sites (tertiary alicyclic amines) is 1. The van der Waals surface area contributed by atoms with Crippen LogP contribution in [-0.4, -0.2) is 82.6 Å². The molecule has 1 heterocycles. The van der Waals surface area contributed by atoms with Crippen LogP contribution < -0.4 is 16.0 Å². The van der Waals surface area contributed by atoms with Crippen LogP contribution in [0.5, 0.6) is 0 Å². The first-order chi connectivity index (χ1) is 17.3. The summed E-state index contributed by atoms with van der Waals surface area (Å²) in [4.78, 5) is 63.9. The van der Waals surface area contributed by atoms with Crippen molar-refractivity contribution in [1.82, 2.24) is 20.9 Å². The number of nitrogens with zero attached hydrogens (tertiary/aromatic N) is 1. The maximum Gasteiger partial charge on any atom is 0.475 e. The number of Topliss-reactive ketones (excluding diaryl/α,β-unsaturated/α-hetero) is 1. The van der Waals surface area contributed by atoms with Crippen LogP contribution in [0.1, 0.15) is 68.2 Å². The van der Waals surface area contributed by atoms with E-state index in [0.717, 1.165) is 0 Å². The average molecular weight is 516 g/mol. The number of carbonyl (C=O) groups excluding carboxylic acids is 5. The van der Waals surface area contributed by atoms with Crippen molar-refractivity contribution in [2.24, 2.45) is 11.8 Å². The second kappa shape index (κ2) is 13.3. The topological polar surface area (TPSA) is 165 Å². The Bertz CT molecular complexity index is 989. The smallest absolute Gasteiger partial charge is 0.426 e. The summed E-state index contributed by atoms with van der Waals surface area (Å²) in [5.74, 6) is -3.38. The molecule has 1 aromatic rings. The summed E-state index contributed by atoms with van der Waals surface area (Å²) in [6.45, 7) is 8.68. The van der Waals surface area contributed by atoms with Gasteiger partial charge in [-0.05, 0) is 55.9 Å². The van der Waals surface area contributed by atoms with Crippen LogP contribution >= 0.6 is 0 Å². The minimum Gasteiger partial charge on any atom is -0.426 e. The summed E-state index contributed by atoms with van der Waals surface area (Å²) >= 11 is 0. The highest BCUT2D eigenvalue weighted by atomic mass is 16.4. The fraction of sp³-hybridized carbons (Fsp3) is 0.560. The predicted octanol–water partition coefficient (Wildman–Crippen LogP) is -0.0964. The van der Waals surface area contributed by atoms with Crippen molar-refractivity contribution in [2.75, 3.05) is 13.1 Å². The van der Waals surface area contributed by atoms with E-state index in [9.17, 15) is 34.0 Å². The molecule has 202 valence electrons. The molecule has 1 aliphatic heterocycles. The molecule has 1 aromatic carbocycles. The molecule has 0 radical (unpaired) electrons. The van der Waals surface area contributed by atoms with E-state index in [4.69, 9.17) is 0 Å². The Hall–Kier alpha value is -3.25.